The summed E-state index contributed by atoms with van der Waals surface area (Å²) in [5, 5.41) is 18.7. The maximum Gasteiger partial charge on any atom is 0.337 e. The van der Waals surface area contributed by atoms with Gasteiger partial charge in [-0.2, -0.15) is 5.10 Å². The Hall–Kier alpha value is -3.31. The van der Waals surface area contributed by atoms with Crippen LogP contribution in [0.5, 0.6) is 0 Å². The molecule has 10 nitrogen and oxygen atoms in total. The lowest BCUT2D eigenvalue weighted by molar-refractivity contribution is -0.384. The van der Waals surface area contributed by atoms with Crippen LogP contribution >= 0.6 is 15.9 Å². The van der Waals surface area contributed by atoms with Crippen LogP contribution in [0.2, 0.25) is 0 Å². The summed E-state index contributed by atoms with van der Waals surface area (Å²) in [5.74, 6) is -0.411. The summed E-state index contributed by atoms with van der Waals surface area (Å²) in [6, 6.07) is 8.18. The number of rotatable bonds is 11. The molecule has 2 aromatic heterocycles. The summed E-state index contributed by atoms with van der Waals surface area (Å²) in [7, 11) is 3.22. The number of carbonyl (C=O) groups is 1. The minimum absolute atomic E-state index is 0.0178. The van der Waals surface area contributed by atoms with E-state index in [1.807, 2.05) is 20.9 Å². The molecule has 0 radical (unpaired) electrons. The Morgan fingerprint density at radius 3 is 2.80 bits per heavy atom. The molecule has 3 aromatic rings. The van der Waals surface area contributed by atoms with Gasteiger partial charge in [0.05, 0.1) is 35.6 Å². The van der Waals surface area contributed by atoms with Crippen LogP contribution in [-0.2, 0) is 22.9 Å². The number of nitrogens with zero attached hydrogens (tertiary/aromatic N) is 4. The number of nitro groups is 1. The number of esters is 1. The normalized spacial score (nSPS) is 11.8. The van der Waals surface area contributed by atoms with Crippen molar-refractivity contribution >= 4 is 33.3 Å². The topological polar surface area (TPSA) is 121 Å². The van der Waals surface area contributed by atoms with Gasteiger partial charge in [0.1, 0.15) is 5.69 Å². The Labute approximate surface area is 211 Å². The minimum Gasteiger partial charge on any atom is -0.465 e. The van der Waals surface area contributed by atoms with Crippen molar-refractivity contribution in [3.05, 3.63) is 68.1 Å². The molecule has 0 saturated heterocycles. The van der Waals surface area contributed by atoms with Crippen LogP contribution in [-0.4, -0.2) is 52.0 Å². The lowest BCUT2D eigenvalue weighted by Crippen LogP contribution is -2.21. The second-order valence-corrected chi connectivity index (χ2v) is 9.00. The molecule has 11 heteroatoms. The van der Waals surface area contributed by atoms with Crippen molar-refractivity contribution in [3.63, 3.8) is 0 Å². The van der Waals surface area contributed by atoms with Gasteiger partial charge in [-0.1, -0.05) is 15.9 Å². The summed E-state index contributed by atoms with van der Waals surface area (Å²) in [4.78, 5) is 27.4. The first-order valence-electron chi connectivity index (χ1n) is 11.1. The quantitative estimate of drug-likeness (QED) is 0.159. The van der Waals surface area contributed by atoms with E-state index in [1.54, 1.807) is 35.1 Å². The first-order valence-corrected chi connectivity index (χ1v) is 11.9. The van der Waals surface area contributed by atoms with Gasteiger partial charge in [0.25, 0.3) is 5.69 Å². The van der Waals surface area contributed by atoms with Gasteiger partial charge in [0.2, 0.25) is 0 Å². The molecule has 0 fully saturated rings. The van der Waals surface area contributed by atoms with Crippen molar-refractivity contribution in [3.8, 4) is 11.3 Å². The second kappa shape index (κ2) is 11.9. The lowest BCUT2D eigenvalue weighted by Gasteiger charge is -2.15. The van der Waals surface area contributed by atoms with Crippen molar-refractivity contribution in [1.29, 1.82) is 0 Å². The Morgan fingerprint density at radius 1 is 1.31 bits per heavy atom. The molecule has 3 rings (SSSR count). The minimum atomic E-state index is -0.414. The summed E-state index contributed by atoms with van der Waals surface area (Å²) < 4.78 is 13.3. The van der Waals surface area contributed by atoms with Gasteiger partial charge in [0.15, 0.2) is 0 Å². The van der Waals surface area contributed by atoms with Crippen molar-refractivity contribution in [2.45, 2.75) is 32.8 Å². The van der Waals surface area contributed by atoms with Gasteiger partial charge in [-0.05, 0) is 51.0 Å². The number of aromatic nitrogens is 3. The van der Waals surface area contributed by atoms with Gasteiger partial charge >= 0.3 is 5.97 Å². The number of benzene rings is 1. The maximum absolute atomic E-state index is 12.0. The number of hydrogen-bond acceptors (Lipinski definition) is 8. The molecule has 186 valence electrons. The number of methoxy groups -OCH3 is 1. The van der Waals surface area contributed by atoms with Crippen LogP contribution in [0, 0.1) is 17.0 Å². The number of hydrogen-bond donors (Lipinski definition) is 1. The van der Waals surface area contributed by atoms with E-state index in [-0.39, 0.29) is 11.8 Å². The average Bonchev–Trinajstić information content (AvgIpc) is 3.19. The molecule has 0 aliphatic carbocycles. The number of ether oxygens (including phenoxy) is 2. The lowest BCUT2D eigenvalue weighted by atomic mass is 10.1. The Bertz CT molecular complexity index is 1210. The van der Waals surface area contributed by atoms with E-state index < -0.39 is 10.9 Å². The fourth-order valence-electron chi connectivity index (χ4n) is 3.66. The zero-order valence-electron chi connectivity index (χ0n) is 20.1. The molecule has 1 aromatic carbocycles. The van der Waals surface area contributed by atoms with E-state index in [9.17, 15) is 14.9 Å². The number of nitro benzene ring substituents is 1. The van der Waals surface area contributed by atoms with E-state index in [4.69, 9.17) is 9.47 Å². The smallest absolute Gasteiger partial charge is 0.337 e. The van der Waals surface area contributed by atoms with Crippen LogP contribution in [0.1, 0.15) is 35.1 Å². The van der Waals surface area contributed by atoms with Crippen LogP contribution in [0.3, 0.4) is 0 Å². The molecule has 2 heterocycles. The van der Waals surface area contributed by atoms with Gasteiger partial charge in [-0.15, -0.1) is 0 Å². The fourth-order valence-corrected chi connectivity index (χ4v) is 4.02. The predicted molar refractivity (Wildman–Crippen MR) is 136 cm³/mol. The van der Waals surface area contributed by atoms with Crippen molar-refractivity contribution in [1.82, 2.24) is 14.8 Å². The molecule has 0 amide bonds. The van der Waals surface area contributed by atoms with Crippen molar-refractivity contribution in [2.24, 2.45) is 7.05 Å². The van der Waals surface area contributed by atoms with Crippen LogP contribution in [0.25, 0.3) is 11.3 Å². The molecular formula is C24H28BrN5O5. The number of carbonyl (C=O) groups excluding carboxylic acids is 1. The van der Waals surface area contributed by atoms with E-state index >= 15 is 0 Å². The first kappa shape index (κ1) is 26.3. The summed E-state index contributed by atoms with van der Waals surface area (Å²) >= 11 is 3.34. The van der Waals surface area contributed by atoms with Gasteiger partial charge in [-0.25, -0.2) is 4.79 Å². The van der Waals surface area contributed by atoms with E-state index in [0.717, 1.165) is 22.2 Å². The third kappa shape index (κ3) is 6.86. The number of anilines is 1. The fraction of sp³-hybridized carbons (Fsp3) is 0.375. The van der Waals surface area contributed by atoms with Gasteiger partial charge < -0.3 is 14.8 Å². The Morgan fingerprint density at radius 2 is 2.09 bits per heavy atom. The molecule has 0 aliphatic heterocycles. The highest BCUT2D eigenvalue weighted by Gasteiger charge is 2.17. The zero-order valence-corrected chi connectivity index (χ0v) is 21.7. The van der Waals surface area contributed by atoms with E-state index in [2.05, 4.69) is 31.3 Å². The van der Waals surface area contributed by atoms with Crippen molar-refractivity contribution < 1.29 is 19.2 Å². The maximum atomic E-state index is 12.0. The molecule has 0 aliphatic rings. The summed E-state index contributed by atoms with van der Waals surface area (Å²) in [6.07, 6.45) is 3.03. The molecular weight excluding hydrogens is 518 g/mol. The third-order valence-corrected chi connectivity index (χ3v) is 5.90. The van der Waals surface area contributed by atoms with Crippen molar-refractivity contribution in [2.75, 3.05) is 25.6 Å². The molecule has 0 bridgehead atoms. The van der Waals surface area contributed by atoms with Crippen LogP contribution < -0.4 is 5.32 Å². The highest BCUT2D eigenvalue weighted by molar-refractivity contribution is 9.10. The summed E-state index contributed by atoms with van der Waals surface area (Å²) in [5.41, 5.74) is 4.13. The number of aryl methyl sites for hydroxylation is 2. The molecule has 0 unspecified atom stereocenters. The van der Waals surface area contributed by atoms with E-state index in [1.165, 1.54) is 13.2 Å². The van der Waals surface area contributed by atoms with Gasteiger partial charge in [-0.3, -0.25) is 19.8 Å². The first-order chi connectivity index (χ1) is 16.7. The number of halogens is 1. The molecule has 1 atom stereocenters. The van der Waals surface area contributed by atoms with Gasteiger partial charge in [0, 0.05) is 47.7 Å². The standard InChI is InChI=1S/C24H28BrN5O5/c1-15-10-17(24(31)34-4)11-20(28-15)19-14-27-29(3)22(19)6-5-9-35-16(2)13-26-21-12-18(25)7-8-23(21)30(32)33/h7-8,10-12,14,16,26H,5-6,9,13H2,1-4H3/t16-/m0/s1. The zero-order chi connectivity index (χ0) is 25.5. The van der Waals surface area contributed by atoms with Crippen LogP contribution in [0.4, 0.5) is 11.4 Å². The summed E-state index contributed by atoms with van der Waals surface area (Å²) in [6.45, 7) is 4.68. The molecule has 1 N–H and O–H groups in total. The Kier molecular flexibility index (Phi) is 8.94. The second-order valence-electron chi connectivity index (χ2n) is 8.09. The largest absolute Gasteiger partial charge is 0.465 e. The highest BCUT2D eigenvalue weighted by atomic mass is 79.9. The third-order valence-electron chi connectivity index (χ3n) is 5.41. The Balaban J connectivity index is 1.57. The molecule has 35 heavy (non-hydrogen) atoms. The SMILES string of the molecule is COC(=O)c1cc(C)nc(-c2cnn(C)c2CCCO[C@@H](C)CNc2cc(Br)ccc2[N+](=O)[O-])c1. The number of pyridine rings is 1. The monoisotopic (exact) mass is 545 g/mol. The van der Waals surface area contributed by atoms with E-state index in [0.29, 0.717) is 42.2 Å². The predicted octanol–water partition coefficient (Wildman–Crippen LogP) is 4.70. The number of nitrogens with one attached hydrogen (secondary N) is 1. The van der Waals surface area contributed by atoms with Crippen LogP contribution in [0.15, 0.2) is 41.0 Å². The average molecular weight is 546 g/mol. The highest BCUT2D eigenvalue weighted by Crippen LogP contribution is 2.28. The molecule has 0 saturated carbocycles. The molecule has 0 spiro atoms.